The van der Waals surface area contributed by atoms with Gasteiger partial charge in [-0.1, -0.05) is 20.8 Å². The highest BCUT2D eigenvalue weighted by molar-refractivity contribution is 6.74. The van der Waals surface area contributed by atoms with Gasteiger partial charge in [-0.3, -0.25) is 10.00 Å². The summed E-state index contributed by atoms with van der Waals surface area (Å²) in [5.41, 5.74) is 2.81. The van der Waals surface area contributed by atoms with Gasteiger partial charge in [0.25, 0.3) is 0 Å². The lowest BCUT2D eigenvalue weighted by atomic mass is 10.1. The first-order chi connectivity index (χ1) is 16.7. The zero-order valence-corrected chi connectivity index (χ0v) is 22.6. The number of hydrogen-bond acceptors (Lipinski definition) is 7. The SMILES string of the molecule is CC(C)(C)[Si](C)(C)Oc1ccc2c(c1)c(-c1cnn(CCCOCCCO)c1)nn2C1NCCO1. The number of aryl methyl sites for hydroxylation is 1. The Morgan fingerprint density at radius 3 is 2.74 bits per heavy atom. The molecule has 35 heavy (non-hydrogen) atoms. The lowest BCUT2D eigenvalue weighted by molar-refractivity contribution is 0.0382. The molecule has 0 amide bonds. The first-order valence-corrected chi connectivity index (χ1v) is 15.4. The number of aromatic nitrogens is 4. The fourth-order valence-corrected chi connectivity index (χ4v) is 4.82. The second kappa shape index (κ2) is 10.8. The molecule has 1 aliphatic rings. The van der Waals surface area contributed by atoms with Gasteiger partial charge in [-0.2, -0.15) is 10.2 Å². The number of aliphatic hydroxyl groups excluding tert-OH is 1. The van der Waals surface area contributed by atoms with Gasteiger partial charge in [0.2, 0.25) is 14.7 Å². The molecular weight excluding hydrogens is 462 g/mol. The summed E-state index contributed by atoms with van der Waals surface area (Å²) in [6, 6.07) is 6.22. The number of fused-ring (bicyclic) bond motifs is 1. The summed E-state index contributed by atoms with van der Waals surface area (Å²) in [4.78, 5) is 0. The second-order valence-corrected chi connectivity index (χ2v) is 15.3. The van der Waals surface area contributed by atoms with Crippen LogP contribution in [0.4, 0.5) is 0 Å². The second-order valence-electron chi connectivity index (χ2n) is 10.5. The molecule has 0 bridgehead atoms. The molecule has 9 nitrogen and oxygen atoms in total. The number of nitrogens with zero attached hydrogens (tertiary/aromatic N) is 4. The molecule has 0 spiro atoms. The maximum Gasteiger partial charge on any atom is 0.250 e. The lowest BCUT2D eigenvalue weighted by Gasteiger charge is -2.36. The van der Waals surface area contributed by atoms with Crippen molar-refractivity contribution < 1.29 is 19.0 Å². The van der Waals surface area contributed by atoms with E-state index in [1.807, 2.05) is 27.8 Å². The molecule has 192 valence electrons. The number of rotatable bonds is 11. The first kappa shape index (κ1) is 25.8. The van der Waals surface area contributed by atoms with E-state index >= 15 is 0 Å². The summed E-state index contributed by atoms with van der Waals surface area (Å²) in [6.07, 6.45) is 5.13. The van der Waals surface area contributed by atoms with E-state index in [0.717, 1.165) is 47.4 Å². The van der Waals surface area contributed by atoms with Gasteiger partial charge >= 0.3 is 0 Å². The molecule has 1 atom stereocenters. The number of ether oxygens (including phenoxy) is 2. The number of nitrogens with one attached hydrogen (secondary N) is 1. The summed E-state index contributed by atoms with van der Waals surface area (Å²) in [5, 5.41) is 22.8. The Bertz CT molecular complexity index is 1110. The van der Waals surface area contributed by atoms with Gasteiger partial charge in [0, 0.05) is 50.1 Å². The maximum atomic E-state index is 8.85. The van der Waals surface area contributed by atoms with Crippen LogP contribution in [0.3, 0.4) is 0 Å². The fourth-order valence-electron chi connectivity index (χ4n) is 3.80. The smallest absolute Gasteiger partial charge is 0.250 e. The highest BCUT2D eigenvalue weighted by atomic mass is 28.4. The predicted molar refractivity (Wildman–Crippen MR) is 139 cm³/mol. The Morgan fingerprint density at radius 1 is 1.23 bits per heavy atom. The number of benzene rings is 1. The van der Waals surface area contributed by atoms with E-state index in [0.29, 0.717) is 26.2 Å². The summed E-state index contributed by atoms with van der Waals surface area (Å²) >= 11 is 0. The van der Waals surface area contributed by atoms with Crippen LogP contribution in [0.15, 0.2) is 30.6 Å². The Kier molecular flexibility index (Phi) is 7.97. The van der Waals surface area contributed by atoms with E-state index in [4.69, 9.17) is 24.1 Å². The maximum absolute atomic E-state index is 8.85. The van der Waals surface area contributed by atoms with Gasteiger partial charge in [0.05, 0.1) is 18.3 Å². The Balaban J connectivity index is 1.60. The van der Waals surface area contributed by atoms with Crippen LogP contribution in [-0.4, -0.2) is 66.0 Å². The summed E-state index contributed by atoms with van der Waals surface area (Å²) in [6.45, 7) is 14.9. The fraction of sp³-hybridized carbons (Fsp3) is 0.600. The van der Waals surface area contributed by atoms with Crippen LogP contribution in [0, 0.1) is 0 Å². The highest BCUT2D eigenvalue weighted by Crippen LogP contribution is 2.39. The highest BCUT2D eigenvalue weighted by Gasteiger charge is 2.39. The monoisotopic (exact) mass is 501 g/mol. The number of hydrogen-bond donors (Lipinski definition) is 2. The average molecular weight is 502 g/mol. The van der Waals surface area contributed by atoms with E-state index in [1.54, 1.807) is 0 Å². The van der Waals surface area contributed by atoms with E-state index in [2.05, 4.69) is 56.4 Å². The van der Waals surface area contributed by atoms with E-state index in [-0.39, 0.29) is 18.0 Å². The molecule has 0 aliphatic carbocycles. The molecule has 0 saturated carbocycles. The molecule has 10 heteroatoms. The van der Waals surface area contributed by atoms with Crippen molar-refractivity contribution in [1.29, 1.82) is 0 Å². The van der Waals surface area contributed by atoms with Crippen molar-refractivity contribution in [2.45, 2.75) is 64.6 Å². The van der Waals surface area contributed by atoms with Gasteiger partial charge in [-0.25, -0.2) is 4.68 Å². The molecule has 1 saturated heterocycles. The molecule has 3 aromatic rings. The Morgan fingerprint density at radius 2 is 2.03 bits per heavy atom. The standard InChI is InChI=1S/C25H39N5O4Si/c1-25(2,3)35(4,5)34-20-8-9-22-21(16-20)23(28-30(22)24-26-10-15-33-24)19-17-27-29(18-19)11-6-13-32-14-7-12-31/h8-9,16-18,24,26,31H,6-7,10-15H2,1-5H3. The van der Waals surface area contributed by atoms with Crippen LogP contribution in [0.25, 0.3) is 22.2 Å². The van der Waals surface area contributed by atoms with Crippen LogP contribution >= 0.6 is 0 Å². The van der Waals surface area contributed by atoms with Crippen LogP contribution in [-0.2, 0) is 16.0 Å². The van der Waals surface area contributed by atoms with Crippen LogP contribution in [0.2, 0.25) is 18.1 Å². The van der Waals surface area contributed by atoms with Crippen molar-refractivity contribution in [2.24, 2.45) is 0 Å². The Hall–Kier alpha value is -2.24. The molecule has 1 aliphatic heterocycles. The molecule has 1 fully saturated rings. The zero-order chi connectivity index (χ0) is 25.1. The molecule has 2 aromatic heterocycles. The molecular formula is C25H39N5O4Si. The summed E-state index contributed by atoms with van der Waals surface area (Å²) in [5.74, 6) is 0.873. The zero-order valence-electron chi connectivity index (χ0n) is 21.6. The van der Waals surface area contributed by atoms with E-state index < -0.39 is 8.32 Å². The minimum Gasteiger partial charge on any atom is -0.543 e. The largest absolute Gasteiger partial charge is 0.543 e. The van der Waals surface area contributed by atoms with Crippen molar-refractivity contribution in [3.05, 3.63) is 30.6 Å². The topological polar surface area (TPSA) is 95.6 Å². The van der Waals surface area contributed by atoms with Gasteiger partial charge in [0.1, 0.15) is 11.4 Å². The van der Waals surface area contributed by atoms with Crippen molar-refractivity contribution in [1.82, 2.24) is 24.9 Å². The van der Waals surface area contributed by atoms with E-state index in [1.165, 1.54) is 0 Å². The van der Waals surface area contributed by atoms with Crippen molar-refractivity contribution in [2.75, 3.05) is 33.0 Å². The molecule has 0 radical (unpaired) electrons. The molecule has 1 aromatic carbocycles. The average Bonchev–Trinajstić information content (AvgIpc) is 3.54. The van der Waals surface area contributed by atoms with Gasteiger partial charge in [-0.15, -0.1) is 0 Å². The van der Waals surface area contributed by atoms with Crippen molar-refractivity contribution in [3.8, 4) is 17.0 Å². The van der Waals surface area contributed by atoms with Crippen LogP contribution in [0.1, 0.15) is 40.0 Å². The van der Waals surface area contributed by atoms with Crippen LogP contribution in [0.5, 0.6) is 5.75 Å². The third-order valence-electron chi connectivity index (χ3n) is 6.81. The summed E-state index contributed by atoms with van der Waals surface area (Å²) in [7, 11) is -1.98. The normalized spacial score (nSPS) is 16.9. The van der Waals surface area contributed by atoms with Gasteiger partial charge < -0.3 is 19.0 Å². The quantitative estimate of drug-likeness (QED) is 0.301. The molecule has 3 heterocycles. The minimum absolute atomic E-state index is 0.111. The van der Waals surface area contributed by atoms with Crippen LogP contribution < -0.4 is 9.74 Å². The van der Waals surface area contributed by atoms with E-state index in [9.17, 15) is 0 Å². The molecule has 1 unspecified atom stereocenters. The van der Waals surface area contributed by atoms with Crippen molar-refractivity contribution in [3.63, 3.8) is 0 Å². The van der Waals surface area contributed by atoms with Gasteiger partial charge in [0.15, 0.2) is 0 Å². The minimum atomic E-state index is -1.98. The third kappa shape index (κ3) is 5.95. The van der Waals surface area contributed by atoms with Crippen molar-refractivity contribution >= 4 is 19.2 Å². The third-order valence-corrected chi connectivity index (χ3v) is 11.2. The predicted octanol–water partition coefficient (Wildman–Crippen LogP) is 4.15. The molecule has 2 N–H and O–H groups in total. The van der Waals surface area contributed by atoms with Gasteiger partial charge in [-0.05, 0) is 49.2 Å². The Labute approximate surface area is 208 Å². The first-order valence-electron chi connectivity index (χ1n) is 12.5. The lowest BCUT2D eigenvalue weighted by Crippen LogP contribution is -2.43. The molecule has 4 rings (SSSR count). The number of aliphatic hydroxyl groups is 1. The summed E-state index contributed by atoms with van der Waals surface area (Å²) < 4.78 is 21.8.